The molecule has 1 amide bonds. The van der Waals surface area contributed by atoms with E-state index in [4.69, 9.17) is 4.74 Å². The number of ether oxygens (including phenoxy) is 1. The number of carbonyl (C=O) groups is 1. The number of nitrogens with one attached hydrogen (secondary N) is 1. The Bertz CT molecular complexity index is 1220. The van der Waals surface area contributed by atoms with Gasteiger partial charge in [-0.05, 0) is 48.9 Å². The summed E-state index contributed by atoms with van der Waals surface area (Å²) in [5.41, 5.74) is 1.65. The molecule has 8 nitrogen and oxygen atoms in total. The quantitative estimate of drug-likeness (QED) is 0.592. The maximum atomic E-state index is 13.0. The molecule has 4 rings (SSSR count). The summed E-state index contributed by atoms with van der Waals surface area (Å²) in [6.07, 6.45) is 3.62. The third kappa shape index (κ3) is 4.88. The highest BCUT2D eigenvalue weighted by Crippen LogP contribution is 2.27. The van der Waals surface area contributed by atoms with E-state index >= 15 is 0 Å². The number of aromatic nitrogens is 2. The monoisotopic (exact) mass is 472 g/mol. The molecule has 10 heteroatoms. The van der Waals surface area contributed by atoms with Crippen LogP contribution in [0.3, 0.4) is 0 Å². The number of morpholine rings is 1. The van der Waals surface area contributed by atoms with Crippen LogP contribution in [0.1, 0.15) is 15.9 Å². The molecular weight excluding hydrogens is 448 g/mol. The average molecular weight is 473 g/mol. The van der Waals surface area contributed by atoms with E-state index in [-0.39, 0.29) is 10.8 Å². The lowest BCUT2D eigenvalue weighted by Gasteiger charge is -2.26. The summed E-state index contributed by atoms with van der Waals surface area (Å²) in [6, 6.07) is 12.1. The molecule has 0 atom stereocenters. The molecule has 0 unspecified atom stereocenters. The minimum Gasteiger partial charge on any atom is -0.379 e. The van der Waals surface area contributed by atoms with Crippen molar-refractivity contribution in [1.29, 1.82) is 0 Å². The molecule has 1 aliphatic rings. The molecule has 0 radical (unpaired) electrons. The van der Waals surface area contributed by atoms with E-state index in [0.717, 1.165) is 10.1 Å². The second kappa shape index (κ2) is 9.45. The van der Waals surface area contributed by atoms with Crippen LogP contribution in [0.15, 0.2) is 69.8 Å². The van der Waals surface area contributed by atoms with E-state index in [0.29, 0.717) is 43.1 Å². The predicted octanol–water partition coefficient (Wildman–Crippen LogP) is 3.15. The van der Waals surface area contributed by atoms with Crippen molar-refractivity contribution in [2.45, 2.75) is 21.9 Å². The highest BCUT2D eigenvalue weighted by atomic mass is 32.2. The minimum atomic E-state index is -3.68. The molecule has 0 spiro atoms. The normalized spacial score (nSPS) is 14.9. The molecule has 32 heavy (non-hydrogen) atoms. The lowest BCUT2D eigenvalue weighted by Crippen LogP contribution is -2.40. The number of anilines is 1. The van der Waals surface area contributed by atoms with Crippen LogP contribution in [0.2, 0.25) is 0 Å². The Hall–Kier alpha value is -2.66. The van der Waals surface area contributed by atoms with E-state index in [2.05, 4.69) is 10.3 Å². The Morgan fingerprint density at radius 3 is 2.50 bits per heavy atom. The van der Waals surface area contributed by atoms with Crippen molar-refractivity contribution in [3.63, 3.8) is 0 Å². The molecule has 0 saturated carbocycles. The van der Waals surface area contributed by atoms with Crippen molar-refractivity contribution in [3.05, 3.63) is 66.0 Å². The first-order valence-corrected chi connectivity index (χ1v) is 12.4. The van der Waals surface area contributed by atoms with Crippen LogP contribution >= 0.6 is 11.8 Å². The zero-order valence-electron chi connectivity index (χ0n) is 17.8. The molecule has 1 saturated heterocycles. The summed E-state index contributed by atoms with van der Waals surface area (Å²) in [5.74, 6) is -0.356. The number of benzene rings is 2. The van der Waals surface area contributed by atoms with Gasteiger partial charge in [0.25, 0.3) is 5.91 Å². The highest BCUT2D eigenvalue weighted by Gasteiger charge is 2.27. The van der Waals surface area contributed by atoms with Crippen LogP contribution in [-0.4, -0.2) is 54.5 Å². The number of imidazole rings is 1. The Morgan fingerprint density at radius 1 is 1.12 bits per heavy atom. The van der Waals surface area contributed by atoms with Gasteiger partial charge < -0.3 is 14.6 Å². The first-order valence-electron chi connectivity index (χ1n) is 10.1. The van der Waals surface area contributed by atoms with Gasteiger partial charge in [0.05, 0.1) is 18.1 Å². The van der Waals surface area contributed by atoms with Crippen molar-refractivity contribution >= 4 is 33.4 Å². The van der Waals surface area contributed by atoms with Gasteiger partial charge >= 0.3 is 0 Å². The molecular formula is C22H24N4O4S2. The number of sulfonamides is 1. The Balaban J connectivity index is 1.49. The average Bonchev–Trinajstić information content (AvgIpc) is 3.20. The number of nitrogens with zero attached hydrogens (tertiary/aromatic N) is 3. The fourth-order valence-corrected chi connectivity index (χ4v) is 5.54. The molecule has 1 fully saturated rings. The Labute approximate surface area is 191 Å². The molecule has 1 aliphatic heterocycles. The van der Waals surface area contributed by atoms with Gasteiger partial charge in [-0.3, -0.25) is 4.79 Å². The number of rotatable bonds is 6. The second-order valence-electron chi connectivity index (χ2n) is 7.39. The number of carbonyl (C=O) groups excluding carboxylic acids is 1. The third-order valence-corrected chi connectivity index (χ3v) is 8.14. The van der Waals surface area contributed by atoms with Crippen LogP contribution < -0.4 is 5.32 Å². The smallest absolute Gasteiger partial charge is 0.255 e. The van der Waals surface area contributed by atoms with Gasteiger partial charge in [-0.25, -0.2) is 13.4 Å². The van der Waals surface area contributed by atoms with Gasteiger partial charge in [0.1, 0.15) is 0 Å². The standard InChI is InChI=1S/C22H24N4O4S2/c1-16-3-8-19(32(28,29)26-11-13-30-14-12-26)15-20(16)21(27)24-17-4-6-18(7-5-17)31-22-23-9-10-25(22)2/h3-10,15H,11-14H2,1-2H3,(H,24,27). The molecule has 0 bridgehead atoms. The van der Waals surface area contributed by atoms with Gasteiger partial charge in [0, 0.05) is 48.7 Å². The minimum absolute atomic E-state index is 0.108. The number of hydrogen-bond acceptors (Lipinski definition) is 6. The van der Waals surface area contributed by atoms with Gasteiger partial charge in [-0.1, -0.05) is 17.8 Å². The molecule has 1 N–H and O–H groups in total. The molecule has 2 aromatic carbocycles. The summed E-state index contributed by atoms with van der Waals surface area (Å²) >= 11 is 1.52. The van der Waals surface area contributed by atoms with Crippen molar-refractivity contribution in [3.8, 4) is 0 Å². The van der Waals surface area contributed by atoms with Gasteiger partial charge in [-0.2, -0.15) is 4.31 Å². The predicted molar refractivity (Wildman–Crippen MR) is 122 cm³/mol. The molecule has 2 heterocycles. The summed E-state index contributed by atoms with van der Waals surface area (Å²) in [7, 11) is -1.75. The largest absolute Gasteiger partial charge is 0.379 e. The highest BCUT2D eigenvalue weighted by molar-refractivity contribution is 7.99. The summed E-state index contributed by atoms with van der Waals surface area (Å²) in [6.45, 7) is 3.13. The van der Waals surface area contributed by atoms with Crippen LogP contribution in [0.4, 0.5) is 5.69 Å². The first-order chi connectivity index (χ1) is 15.3. The summed E-state index contributed by atoms with van der Waals surface area (Å²) in [5, 5.41) is 3.73. The number of hydrogen-bond donors (Lipinski definition) is 1. The van der Waals surface area contributed by atoms with Gasteiger partial charge in [-0.15, -0.1) is 0 Å². The first kappa shape index (κ1) is 22.5. The van der Waals surface area contributed by atoms with Crippen LogP contribution in [0.25, 0.3) is 0 Å². The topological polar surface area (TPSA) is 93.5 Å². The fraction of sp³-hybridized carbons (Fsp3) is 0.273. The van der Waals surface area contributed by atoms with Crippen LogP contribution in [-0.2, 0) is 21.8 Å². The van der Waals surface area contributed by atoms with Gasteiger partial charge in [0.15, 0.2) is 5.16 Å². The summed E-state index contributed by atoms with van der Waals surface area (Å²) < 4.78 is 34.5. The molecule has 3 aromatic rings. The SMILES string of the molecule is Cc1ccc(S(=O)(=O)N2CCOCC2)cc1C(=O)Nc1ccc(Sc2nccn2C)cc1. The van der Waals surface area contributed by atoms with E-state index in [1.54, 1.807) is 25.3 Å². The molecule has 168 valence electrons. The van der Waals surface area contributed by atoms with E-state index in [1.807, 2.05) is 42.1 Å². The number of amides is 1. The van der Waals surface area contributed by atoms with E-state index in [1.165, 1.54) is 22.1 Å². The van der Waals surface area contributed by atoms with E-state index in [9.17, 15) is 13.2 Å². The van der Waals surface area contributed by atoms with Crippen molar-refractivity contribution in [1.82, 2.24) is 13.9 Å². The lowest BCUT2D eigenvalue weighted by atomic mass is 10.1. The maximum absolute atomic E-state index is 13.0. The van der Waals surface area contributed by atoms with Gasteiger partial charge in [0.2, 0.25) is 10.0 Å². The van der Waals surface area contributed by atoms with Crippen LogP contribution in [0.5, 0.6) is 0 Å². The van der Waals surface area contributed by atoms with E-state index < -0.39 is 10.0 Å². The van der Waals surface area contributed by atoms with Crippen molar-refractivity contribution in [2.75, 3.05) is 31.6 Å². The molecule has 0 aliphatic carbocycles. The fourth-order valence-electron chi connectivity index (χ4n) is 3.30. The van der Waals surface area contributed by atoms with Crippen molar-refractivity contribution in [2.24, 2.45) is 7.05 Å². The zero-order chi connectivity index (χ0) is 22.7. The third-order valence-electron chi connectivity index (χ3n) is 5.16. The van der Waals surface area contributed by atoms with Crippen LogP contribution in [0, 0.1) is 6.92 Å². The maximum Gasteiger partial charge on any atom is 0.255 e. The Morgan fingerprint density at radius 2 is 1.84 bits per heavy atom. The number of aryl methyl sites for hydroxylation is 2. The summed E-state index contributed by atoms with van der Waals surface area (Å²) in [4.78, 5) is 18.3. The second-order valence-corrected chi connectivity index (χ2v) is 10.4. The Kier molecular flexibility index (Phi) is 6.66. The molecule has 1 aromatic heterocycles. The van der Waals surface area contributed by atoms with Crippen molar-refractivity contribution < 1.29 is 17.9 Å². The zero-order valence-corrected chi connectivity index (χ0v) is 19.4. The lowest BCUT2D eigenvalue weighted by molar-refractivity contribution is 0.0730.